The Labute approximate surface area is 96.6 Å². The lowest BCUT2D eigenvalue weighted by molar-refractivity contribution is -0.144. The number of esters is 1. The van der Waals surface area contributed by atoms with Crippen molar-refractivity contribution in [3.63, 3.8) is 0 Å². The SMILES string of the molecule is CCOC(=O)C1CC1c1cc(C)cc(C)c1. The molecule has 16 heavy (non-hydrogen) atoms. The van der Waals surface area contributed by atoms with Crippen molar-refractivity contribution < 1.29 is 9.53 Å². The Morgan fingerprint density at radius 3 is 2.50 bits per heavy atom. The molecule has 0 saturated heterocycles. The first-order valence-corrected chi connectivity index (χ1v) is 5.86. The molecule has 1 fully saturated rings. The van der Waals surface area contributed by atoms with Crippen LogP contribution in [0.5, 0.6) is 0 Å². The van der Waals surface area contributed by atoms with Crippen LogP contribution in [0.2, 0.25) is 0 Å². The number of hydrogen-bond acceptors (Lipinski definition) is 2. The van der Waals surface area contributed by atoms with Gasteiger partial charge in [-0.05, 0) is 38.7 Å². The second kappa shape index (κ2) is 4.28. The topological polar surface area (TPSA) is 26.3 Å². The first-order chi connectivity index (χ1) is 7.61. The first kappa shape index (κ1) is 11.2. The maximum Gasteiger partial charge on any atom is 0.309 e. The Morgan fingerprint density at radius 2 is 1.94 bits per heavy atom. The first-order valence-electron chi connectivity index (χ1n) is 5.86. The van der Waals surface area contributed by atoms with Gasteiger partial charge in [0.25, 0.3) is 0 Å². The van der Waals surface area contributed by atoms with E-state index < -0.39 is 0 Å². The number of ether oxygens (including phenoxy) is 1. The van der Waals surface area contributed by atoms with Gasteiger partial charge in [-0.25, -0.2) is 0 Å². The van der Waals surface area contributed by atoms with Crippen LogP contribution in [0.1, 0.15) is 36.0 Å². The molecule has 86 valence electrons. The average Bonchev–Trinajstić information content (AvgIpc) is 2.95. The molecule has 1 aliphatic rings. The van der Waals surface area contributed by atoms with E-state index in [4.69, 9.17) is 4.74 Å². The van der Waals surface area contributed by atoms with Crippen molar-refractivity contribution in [3.8, 4) is 0 Å². The normalized spacial score (nSPS) is 22.9. The number of rotatable bonds is 3. The summed E-state index contributed by atoms with van der Waals surface area (Å²) in [4.78, 5) is 11.5. The predicted octanol–water partition coefficient (Wildman–Crippen LogP) is 2.97. The summed E-state index contributed by atoms with van der Waals surface area (Å²) >= 11 is 0. The highest BCUT2D eigenvalue weighted by molar-refractivity contribution is 5.77. The van der Waals surface area contributed by atoms with Crippen LogP contribution >= 0.6 is 0 Å². The van der Waals surface area contributed by atoms with E-state index in [1.165, 1.54) is 16.7 Å². The zero-order valence-corrected chi connectivity index (χ0v) is 10.1. The van der Waals surface area contributed by atoms with Gasteiger partial charge >= 0.3 is 5.97 Å². The zero-order chi connectivity index (χ0) is 11.7. The minimum Gasteiger partial charge on any atom is -0.466 e. The lowest BCUT2D eigenvalue weighted by Gasteiger charge is -2.04. The van der Waals surface area contributed by atoms with Crippen molar-refractivity contribution >= 4 is 5.97 Å². The number of hydrogen-bond donors (Lipinski definition) is 0. The van der Waals surface area contributed by atoms with Crippen molar-refractivity contribution in [2.75, 3.05) is 6.61 Å². The van der Waals surface area contributed by atoms with Crippen molar-refractivity contribution in [1.29, 1.82) is 0 Å². The second-order valence-corrected chi connectivity index (χ2v) is 4.62. The van der Waals surface area contributed by atoms with Crippen LogP contribution in [0.4, 0.5) is 0 Å². The number of benzene rings is 1. The molecule has 0 aromatic heterocycles. The summed E-state index contributed by atoms with van der Waals surface area (Å²) < 4.78 is 5.04. The maximum absolute atomic E-state index is 11.5. The van der Waals surface area contributed by atoms with E-state index in [0.29, 0.717) is 12.5 Å². The molecule has 0 amide bonds. The summed E-state index contributed by atoms with van der Waals surface area (Å²) in [7, 11) is 0. The quantitative estimate of drug-likeness (QED) is 0.729. The van der Waals surface area contributed by atoms with Crippen LogP contribution in [0.3, 0.4) is 0 Å². The van der Waals surface area contributed by atoms with Crippen molar-refractivity contribution in [2.45, 2.75) is 33.1 Å². The smallest absolute Gasteiger partial charge is 0.309 e. The lowest BCUT2D eigenvalue weighted by Crippen LogP contribution is -2.07. The van der Waals surface area contributed by atoms with Crippen LogP contribution in [-0.2, 0) is 9.53 Å². The molecule has 1 saturated carbocycles. The highest BCUT2D eigenvalue weighted by Crippen LogP contribution is 2.48. The monoisotopic (exact) mass is 218 g/mol. The van der Waals surface area contributed by atoms with E-state index >= 15 is 0 Å². The molecule has 0 heterocycles. The predicted molar refractivity (Wildman–Crippen MR) is 63.4 cm³/mol. The van der Waals surface area contributed by atoms with Crippen molar-refractivity contribution in [3.05, 3.63) is 34.9 Å². The third-order valence-electron chi connectivity index (χ3n) is 3.05. The van der Waals surface area contributed by atoms with E-state index in [-0.39, 0.29) is 11.9 Å². The minimum absolute atomic E-state index is 0.0355. The molecule has 1 aliphatic carbocycles. The van der Waals surface area contributed by atoms with Gasteiger partial charge in [0.05, 0.1) is 12.5 Å². The van der Waals surface area contributed by atoms with Gasteiger partial charge in [-0.2, -0.15) is 0 Å². The molecule has 0 spiro atoms. The van der Waals surface area contributed by atoms with Gasteiger partial charge in [0.2, 0.25) is 0 Å². The molecule has 2 nitrogen and oxygen atoms in total. The fourth-order valence-electron chi connectivity index (χ4n) is 2.30. The Morgan fingerprint density at radius 1 is 1.31 bits per heavy atom. The Balaban J connectivity index is 2.08. The van der Waals surface area contributed by atoms with Gasteiger partial charge in [0, 0.05) is 0 Å². The Hall–Kier alpha value is -1.31. The summed E-state index contributed by atoms with van der Waals surface area (Å²) in [5.41, 5.74) is 3.82. The maximum atomic E-state index is 11.5. The molecule has 1 aromatic rings. The molecular formula is C14H18O2. The molecule has 2 rings (SSSR count). The van der Waals surface area contributed by atoms with Crippen LogP contribution in [0.15, 0.2) is 18.2 Å². The summed E-state index contributed by atoms with van der Waals surface area (Å²) in [5.74, 6) is 0.449. The molecule has 0 aliphatic heterocycles. The standard InChI is InChI=1S/C14H18O2/c1-4-16-14(15)13-8-12(13)11-6-9(2)5-10(3)7-11/h5-7,12-13H,4,8H2,1-3H3. The van der Waals surface area contributed by atoms with Crippen LogP contribution < -0.4 is 0 Å². The lowest BCUT2D eigenvalue weighted by atomic mass is 10.0. The largest absolute Gasteiger partial charge is 0.466 e. The van der Waals surface area contributed by atoms with Gasteiger partial charge in [0.1, 0.15) is 0 Å². The average molecular weight is 218 g/mol. The van der Waals surface area contributed by atoms with Crippen molar-refractivity contribution in [2.24, 2.45) is 5.92 Å². The highest BCUT2D eigenvalue weighted by atomic mass is 16.5. The van der Waals surface area contributed by atoms with Crippen LogP contribution in [0, 0.1) is 19.8 Å². The molecule has 1 aromatic carbocycles. The minimum atomic E-state index is -0.0355. The molecule has 0 bridgehead atoms. The van der Waals surface area contributed by atoms with E-state index in [1.807, 2.05) is 6.92 Å². The number of carbonyl (C=O) groups is 1. The molecule has 0 N–H and O–H groups in total. The third-order valence-corrected chi connectivity index (χ3v) is 3.05. The Kier molecular flexibility index (Phi) is 2.99. The second-order valence-electron chi connectivity index (χ2n) is 4.62. The third kappa shape index (κ3) is 2.26. The van der Waals surface area contributed by atoms with E-state index in [9.17, 15) is 4.79 Å². The summed E-state index contributed by atoms with van der Waals surface area (Å²) in [5, 5.41) is 0. The molecule has 2 unspecified atom stereocenters. The number of carbonyl (C=O) groups excluding carboxylic acids is 1. The van der Waals surface area contributed by atoms with Gasteiger partial charge < -0.3 is 4.74 Å². The van der Waals surface area contributed by atoms with Gasteiger partial charge in [-0.1, -0.05) is 29.3 Å². The number of aryl methyl sites for hydroxylation is 2. The fourth-order valence-corrected chi connectivity index (χ4v) is 2.30. The molecule has 0 radical (unpaired) electrons. The van der Waals surface area contributed by atoms with Gasteiger partial charge in [-0.15, -0.1) is 0 Å². The van der Waals surface area contributed by atoms with E-state index in [0.717, 1.165) is 6.42 Å². The summed E-state index contributed by atoms with van der Waals surface area (Å²) in [6.45, 7) is 6.53. The van der Waals surface area contributed by atoms with E-state index in [1.54, 1.807) is 0 Å². The van der Waals surface area contributed by atoms with E-state index in [2.05, 4.69) is 32.0 Å². The van der Waals surface area contributed by atoms with Crippen molar-refractivity contribution in [1.82, 2.24) is 0 Å². The van der Waals surface area contributed by atoms with Gasteiger partial charge in [-0.3, -0.25) is 4.79 Å². The van der Waals surface area contributed by atoms with Crippen LogP contribution in [0.25, 0.3) is 0 Å². The summed E-state index contributed by atoms with van der Waals surface area (Å²) in [6, 6.07) is 6.51. The summed E-state index contributed by atoms with van der Waals surface area (Å²) in [6.07, 6.45) is 0.946. The fraction of sp³-hybridized carbons (Fsp3) is 0.500. The molecular weight excluding hydrogens is 200 g/mol. The highest BCUT2D eigenvalue weighted by Gasteiger charge is 2.45. The molecule has 2 atom stereocenters. The Bertz CT molecular complexity index is 389. The molecule has 2 heteroatoms. The van der Waals surface area contributed by atoms with Gasteiger partial charge in [0.15, 0.2) is 0 Å². The zero-order valence-electron chi connectivity index (χ0n) is 10.1. The van der Waals surface area contributed by atoms with Crippen LogP contribution in [-0.4, -0.2) is 12.6 Å².